The fraction of sp³-hybridized carbons (Fsp3) is 0.682. The Bertz CT molecular complexity index is 709. The minimum atomic E-state index is -4.70. The predicted molar refractivity (Wildman–Crippen MR) is 112 cm³/mol. The van der Waals surface area contributed by atoms with Crippen molar-refractivity contribution in [1.29, 1.82) is 0 Å². The van der Waals surface area contributed by atoms with Crippen LogP contribution >= 0.6 is 0 Å². The van der Waals surface area contributed by atoms with Crippen LogP contribution in [0.1, 0.15) is 44.1 Å². The van der Waals surface area contributed by atoms with Crippen LogP contribution in [0.15, 0.2) is 29.3 Å². The van der Waals surface area contributed by atoms with Gasteiger partial charge in [0.05, 0.1) is 0 Å². The Hall–Kier alpha value is -2.00. The lowest BCUT2D eigenvalue weighted by atomic mass is 10.0. The fourth-order valence-corrected chi connectivity index (χ4v) is 3.72. The molecule has 2 fully saturated rings. The van der Waals surface area contributed by atoms with Crippen molar-refractivity contribution < 1.29 is 27.4 Å². The van der Waals surface area contributed by atoms with Gasteiger partial charge in [-0.25, -0.2) is 0 Å². The van der Waals surface area contributed by atoms with E-state index < -0.39 is 6.36 Å². The van der Waals surface area contributed by atoms with Gasteiger partial charge in [0.25, 0.3) is 0 Å². The first-order valence-electron chi connectivity index (χ1n) is 11.0. The van der Waals surface area contributed by atoms with Gasteiger partial charge in [0.2, 0.25) is 0 Å². The number of benzene rings is 1. The zero-order chi connectivity index (χ0) is 22.1. The molecule has 0 spiro atoms. The molecule has 2 aliphatic rings. The summed E-state index contributed by atoms with van der Waals surface area (Å²) in [6.07, 6.45) is -1.02. The second-order valence-corrected chi connectivity index (χ2v) is 7.92. The number of nitrogens with zero attached hydrogens (tertiary/aromatic N) is 1. The van der Waals surface area contributed by atoms with Crippen LogP contribution in [0.25, 0.3) is 0 Å². The molecule has 1 aliphatic heterocycles. The van der Waals surface area contributed by atoms with Crippen molar-refractivity contribution >= 4 is 5.96 Å². The molecule has 9 heteroatoms. The summed E-state index contributed by atoms with van der Waals surface area (Å²) in [7, 11) is 0. The molecule has 1 aromatic rings. The highest BCUT2D eigenvalue weighted by molar-refractivity contribution is 5.80. The van der Waals surface area contributed by atoms with Gasteiger partial charge in [-0.05, 0) is 50.2 Å². The number of alkyl halides is 3. The Morgan fingerprint density at radius 2 is 2.00 bits per heavy atom. The van der Waals surface area contributed by atoms with Crippen LogP contribution in [-0.2, 0) is 9.47 Å². The number of aliphatic imine (C=N–C) groups is 1. The summed E-state index contributed by atoms with van der Waals surface area (Å²) < 4.78 is 53.3. The van der Waals surface area contributed by atoms with Crippen molar-refractivity contribution in [2.24, 2.45) is 10.9 Å². The molecule has 2 unspecified atom stereocenters. The molecule has 1 aliphatic carbocycles. The highest BCUT2D eigenvalue weighted by atomic mass is 19.4. The Morgan fingerprint density at radius 1 is 1.23 bits per heavy atom. The fourth-order valence-electron chi connectivity index (χ4n) is 3.72. The Morgan fingerprint density at radius 3 is 2.74 bits per heavy atom. The number of guanidine groups is 1. The average molecular weight is 444 g/mol. The van der Waals surface area contributed by atoms with Crippen molar-refractivity contribution in [2.75, 3.05) is 39.5 Å². The highest BCUT2D eigenvalue weighted by Crippen LogP contribution is 2.45. The number of rotatable bonds is 10. The largest absolute Gasteiger partial charge is 0.573 e. The van der Waals surface area contributed by atoms with Gasteiger partial charge in [-0.3, -0.25) is 4.99 Å². The second kappa shape index (κ2) is 11.6. The molecule has 2 atom stereocenters. The Labute approximate surface area is 181 Å². The van der Waals surface area contributed by atoms with Crippen LogP contribution in [0.5, 0.6) is 5.75 Å². The summed E-state index contributed by atoms with van der Waals surface area (Å²) >= 11 is 0. The first-order chi connectivity index (χ1) is 15.0. The maximum Gasteiger partial charge on any atom is 0.573 e. The molecule has 1 aromatic carbocycles. The minimum absolute atomic E-state index is 0.0283. The number of para-hydroxylation sites is 1. The standard InChI is InChI=1S/C22H32F3N3O3/c1-2-26-21(27-10-5-11-30-15-16-8-12-29-13-9-16)28-19-14-18(19)17-6-3-4-7-20(17)31-22(23,24)25/h3-4,6-7,16,18-19H,2,5,8-15H2,1H3,(H2,26,27,28). The lowest BCUT2D eigenvalue weighted by molar-refractivity contribution is -0.274. The van der Waals surface area contributed by atoms with Gasteiger partial charge in [0, 0.05) is 51.5 Å². The van der Waals surface area contributed by atoms with E-state index in [9.17, 15) is 13.2 Å². The van der Waals surface area contributed by atoms with Crippen molar-refractivity contribution in [3.8, 4) is 5.75 Å². The Kier molecular flexibility index (Phi) is 8.83. The molecular formula is C22H32F3N3O3. The second-order valence-electron chi connectivity index (χ2n) is 7.92. The number of nitrogens with one attached hydrogen (secondary N) is 2. The summed E-state index contributed by atoms with van der Waals surface area (Å²) in [5.74, 6) is 1.10. The number of hydrogen-bond acceptors (Lipinski definition) is 4. The van der Waals surface area contributed by atoms with E-state index in [0.29, 0.717) is 37.1 Å². The Balaban J connectivity index is 1.42. The van der Waals surface area contributed by atoms with Gasteiger partial charge in [0.15, 0.2) is 5.96 Å². The number of ether oxygens (including phenoxy) is 3. The normalized spacial score (nSPS) is 22.3. The van der Waals surface area contributed by atoms with Crippen LogP contribution in [0.3, 0.4) is 0 Å². The lowest BCUT2D eigenvalue weighted by Gasteiger charge is -2.21. The smallest absolute Gasteiger partial charge is 0.405 e. The summed E-state index contributed by atoms with van der Waals surface area (Å²) in [6, 6.07) is 6.35. The third kappa shape index (κ3) is 8.22. The van der Waals surface area contributed by atoms with E-state index in [4.69, 9.17) is 9.47 Å². The van der Waals surface area contributed by atoms with E-state index in [1.807, 2.05) is 6.92 Å². The third-order valence-electron chi connectivity index (χ3n) is 5.41. The highest BCUT2D eigenvalue weighted by Gasteiger charge is 2.42. The lowest BCUT2D eigenvalue weighted by Crippen LogP contribution is -2.39. The molecule has 3 rings (SSSR count). The first-order valence-corrected chi connectivity index (χ1v) is 11.0. The first kappa shape index (κ1) is 23.7. The van der Waals surface area contributed by atoms with E-state index in [2.05, 4.69) is 20.4 Å². The summed E-state index contributed by atoms with van der Waals surface area (Å²) in [5.41, 5.74) is 0.565. The predicted octanol–water partition coefficient (Wildman–Crippen LogP) is 3.83. The van der Waals surface area contributed by atoms with Crippen LogP contribution in [0.4, 0.5) is 13.2 Å². The van der Waals surface area contributed by atoms with E-state index in [-0.39, 0.29) is 17.7 Å². The van der Waals surface area contributed by atoms with Crippen LogP contribution in [0.2, 0.25) is 0 Å². The molecule has 1 saturated carbocycles. The van der Waals surface area contributed by atoms with E-state index >= 15 is 0 Å². The molecule has 0 amide bonds. The van der Waals surface area contributed by atoms with E-state index in [1.165, 1.54) is 6.07 Å². The molecule has 6 nitrogen and oxygen atoms in total. The van der Waals surface area contributed by atoms with Crippen molar-refractivity contribution in [3.63, 3.8) is 0 Å². The van der Waals surface area contributed by atoms with E-state index in [1.54, 1.807) is 18.2 Å². The average Bonchev–Trinajstić information content (AvgIpc) is 3.49. The summed E-state index contributed by atoms with van der Waals surface area (Å²) in [4.78, 5) is 4.57. The summed E-state index contributed by atoms with van der Waals surface area (Å²) in [6.45, 7) is 6.38. The third-order valence-corrected chi connectivity index (χ3v) is 5.41. The molecule has 174 valence electrons. The number of halogens is 3. The maximum absolute atomic E-state index is 12.7. The van der Waals surface area contributed by atoms with Crippen LogP contribution in [0, 0.1) is 5.92 Å². The quantitative estimate of drug-likeness (QED) is 0.327. The van der Waals surface area contributed by atoms with Gasteiger partial charge in [0.1, 0.15) is 5.75 Å². The van der Waals surface area contributed by atoms with Gasteiger partial charge in [-0.1, -0.05) is 18.2 Å². The minimum Gasteiger partial charge on any atom is -0.405 e. The zero-order valence-corrected chi connectivity index (χ0v) is 17.9. The molecular weight excluding hydrogens is 411 g/mol. The molecule has 2 N–H and O–H groups in total. The molecule has 1 saturated heterocycles. The summed E-state index contributed by atoms with van der Waals surface area (Å²) in [5, 5.41) is 6.51. The SMILES string of the molecule is CCNC(=NCCCOCC1CCOCC1)NC1CC1c1ccccc1OC(F)(F)F. The van der Waals surface area contributed by atoms with Crippen molar-refractivity contribution in [2.45, 2.75) is 50.9 Å². The van der Waals surface area contributed by atoms with Crippen LogP contribution in [-0.4, -0.2) is 57.9 Å². The zero-order valence-electron chi connectivity index (χ0n) is 17.9. The monoisotopic (exact) mass is 443 g/mol. The van der Waals surface area contributed by atoms with Gasteiger partial charge < -0.3 is 24.8 Å². The van der Waals surface area contributed by atoms with Gasteiger partial charge in [-0.15, -0.1) is 13.2 Å². The topological polar surface area (TPSA) is 64.1 Å². The molecule has 0 radical (unpaired) electrons. The van der Waals surface area contributed by atoms with Crippen molar-refractivity contribution in [1.82, 2.24) is 10.6 Å². The van der Waals surface area contributed by atoms with Gasteiger partial charge in [-0.2, -0.15) is 0 Å². The molecule has 31 heavy (non-hydrogen) atoms. The molecule has 0 bridgehead atoms. The van der Waals surface area contributed by atoms with Gasteiger partial charge >= 0.3 is 6.36 Å². The number of hydrogen-bond donors (Lipinski definition) is 2. The van der Waals surface area contributed by atoms with Crippen molar-refractivity contribution in [3.05, 3.63) is 29.8 Å². The van der Waals surface area contributed by atoms with E-state index in [0.717, 1.165) is 45.5 Å². The maximum atomic E-state index is 12.7. The molecule has 1 heterocycles. The van der Waals surface area contributed by atoms with Crippen LogP contribution < -0.4 is 15.4 Å². The molecule has 0 aromatic heterocycles.